The smallest absolute Gasteiger partial charge is 0.255 e. The SMILES string of the molecule is COc1ccc(Br)c(C(=O)N2CCCC(C)(C)C2)c1. The summed E-state index contributed by atoms with van der Waals surface area (Å²) in [6.45, 7) is 6.08. The van der Waals surface area contributed by atoms with Gasteiger partial charge in [-0.1, -0.05) is 13.8 Å². The van der Waals surface area contributed by atoms with Crippen molar-refractivity contribution < 1.29 is 9.53 Å². The third-order valence-electron chi connectivity index (χ3n) is 3.59. The molecule has 1 saturated heterocycles. The van der Waals surface area contributed by atoms with Crippen LogP contribution in [0.25, 0.3) is 0 Å². The summed E-state index contributed by atoms with van der Waals surface area (Å²) < 4.78 is 6.02. The Kier molecular flexibility index (Phi) is 4.19. The van der Waals surface area contributed by atoms with Gasteiger partial charge in [0.1, 0.15) is 5.75 Å². The number of carbonyl (C=O) groups is 1. The monoisotopic (exact) mass is 325 g/mol. The molecule has 0 N–H and O–H groups in total. The molecule has 104 valence electrons. The van der Waals surface area contributed by atoms with Crippen LogP contribution in [0.15, 0.2) is 22.7 Å². The first kappa shape index (κ1) is 14.4. The van der Waals surface area contributed by atoms with Crippen LogP contribution >= 0.6 is 15.9 Å². The molecule has 1 aromatic rings. The fourth-order valence-corrected chi connectivity index (χ4v) is 2.98. The van der Waals surface area contributed by atoms with Gasteiger partial charge in [0.15, 0.2) is 0 Å². The molecule has 4 heteroatoms. The van der Waals surface area contributed by atoms with E-state index in [4.69, 9.17) is 4.74 Å². The summed E-state index contributed by atoms with van der Waals surface area (Å²) in [5, 5.41) is 0. The normalized spacial score (nSPS) is 18.2. The Bertz CT molecular complexity index is 485. The molecule has 0 bridgehead atoms. The quantitative estimate of drug-likeness (QED) is 0.829. The van der Waals surface area contributed by atoms with E-state index in [9.17, 15) is 4.79 Å². The van der Waals surface area contributed by atoms with Gasteiger partial charge >= 0.3 is 0 Å². The standard InChI is InChI=1S/C15H20BrNO2/c1-15(2)7-4-8-17(10-15)14(18)12-9-11(19-3)5-6-13(12)16/h5-6,9H,4,7-8,10H2,1-3H3. The van der Waals surface area contributed by atoms with Crippen LogP contribution in [0.4, 0.5) is 0 Å². The predicted octanol–water partition coefficient (Wildman–Crippen LogP) is 3.72. The fraction of sp³-hybridized carbons (Fsp3) is 0.533. The minimum Gasteiger partial charge on any atom is -0.497 e. The van der Waals surface area contributed by atoms with Gasteiger partial charge < -0.3 is 9.64 Å². The second kappa shape index (κ2) is 5.53. The number of nitrogens with zero attached hydrogens (tertiary/aromatic N) is 1. The van der Waals surface area contributed by atoms with Gasteiger partial charge in [-0.15, -0.1) is 0 Å². The van der Waals surface area contributed by atoms with Crippen molar-refractivity contribution in [2.24, 2.45) is 5.41 Å². The number of piperidine rings is 1. The Morgan fingerprint density at radius 3 is 2.79 bits per heavy atom. The van der Waals surface area contributed by atoms with Gasteiger partial charge in [0.05, 0.1) is 12.7 Å². The molecule has 0 radical (unpaired) electrons. The highest BCUT2D eigenvalue weighted by Gasteiger charge is 2.30. The molecule has 1 aliphatic heterocycles. The molecule has 0 aromatic heterocycles. The predicted molar refractivity (Wildman–Crippen MR) is 79.6 cm³/mol. The summed E-state index contributed by atoms with van der Waals surface area (Å²) in [7, 11) is 1.61. The number of amides is 1. The minimum atomic E-state index is 0.0820. The second-order valence-electron chi connectivity index (χ2n) is 5.84. The Morgan fingerprint density at radius 2 is 2.16 bits per heavy atom. The number of likely N-dealkylation sites (tertiary alicyclic amines) is 1. The average molecular weight is 326 g/mol. The second-order valence-corrected chi connectivity index (χ2v) is 6.69. The van der Waals surface area contributed by atoms with Gasteiger partial charge in [0.2, 0.25) is 0 Å². The van der Waals surface area contributed by atoms with Crippen LogP contribution in [0.2, 0.25) is 0 Å². The summed E-state index contributed by atoms with van der Waals surface area (Å²) in [6, 6.07) is 5.51. The summed E-state index contributed by atoms with van der Waals surface area (Å²) in [5.74, 6) is 0.793. The van der Waals surface area contributed by atoms with Gasteiger partial charge in [-0.2, -0.15) is 0 Å². The van der Waals surface area contributed by atoms with Crippen LogP contribution in [-0.4, -0.2) is 31.0 Å². The molecule has 1 aromatic carbocycles. The summed E-state index contributed by atoms with van der Waals surface area (Å²) >= 11 is 3.45. The Labute approximate surface area is 123 Å². The molecule has 1 fully saturated rings. The van der Waals surface area contributed by atoms with E-state index in [0.717, 1.165) is 24.0 Å². The van der Waals surface area contributed by atoms with Crippen LogP contribution in [0.5, 0.6) is 5.75 Å². The lowest BCUT2D eigenvalue weighted by molar-refractivity contribution is 0.0582. The number of hydrogen-bond acceptors (Lipinski definition) is 2. The van der Waals surface area contributed by atoms with Crippen molar-refractivity contribution in [2.45, 2.75) is 26.7 Å². The maximum absolute atomic E-state index is 12.6. The van der Waals surface area contributed by atoms with Crippen LogP contribution in [-0.2, 0) is 0 Å². The van der Waals surface area contributed by atoms with Crippen LogP contribution in [0, 0.1) is 5.41 Å². The molecule has 1 amide bonds. The van der Waals surface area contributed by atoms with E-state index in [0.29, 0.717) is 11.3 Å². The lowest BCUT2D eigenvalue weighted by atomic mass is 9.84. The highest BCUT2D eigenvalue weighted by molar-refractivity contribution is 9.10. The third kappa shape index (κ3) is 3.30. The zero-order valence-corrected chi connectivity index (χ0v) is 13.3. The van der Waals surface area contributed by atoms with E-state index >= 15 is 0 Å². The molecule has 3 nitrogen and oxygen atoms in total. The molecule has 19 heavy (non-hydrogen) atoms. The molecule has 0 atom stereocenters. The van der Waals surface area contributed by atoms with Gasteiger partial charge in [0.25, 0.3) is 5.91 Å². The summed E-state index contributed by atoms with van der Waals surface area (Å²) in [5.41, 5.74) is 0.885. The van der Waals surface area contributed by atoms with Gasteiger partial charge in [-0.25, -0.2) is 0 Å². The van der Waals surface area contributed by atoms with Crippen molar-refractivity contribution in [1.29, 1.82) is 0 Å². The zero-order chi connectivity index (χ0) is 14.0. The van der Waals surface area contributed by atoms with E-state index in [1.807, 2.05) is 17.0 Å². The van der Waals surface area contributed by atoms with Gasteiger partial charge in [-0.3, -0.25) is 4.79 Å². The molecular formula is C15H20BrNO2. The van der Waals surface area contributed by atoms with Gasteiger partial charge in [0, 0.05) is 17.6 Å². The van der Waals surface area contributed by atoms with Crippen molar-refractivity contribution in [3.05, 3.63) is 28.2 Å². The maximum Gasteiger partial charge on any atom is 0.255 e. The largest absolute Gasteiger partial charge is 0.497 e. The fourth-order valence-electron chi connectivity index (χ4n) is 2.56. The number of rotatable bonds is 2. The van der Waals surface area contributed by atoms with E-state index < -0.39 is 0 Å². The lowest BCUT2D eigenvalue weighted by Gasteiger charge is -2.38. The summed E-state index contributed by atoms with van der Waals surface area (Å²) in [4.78, 5) is 14.6. The molecule has 0 unspecified atom stereocenters. The highest BCUT2D eigenvalue weighted by Crippen LogP contribution is 2.31. The van der Waals surface area contributed by atoms with Crippen LogP contribution < -0.4 is 4.74 Å². The molecule has 1 aliphatic rings. The van der Waals surface area contributed by atoms with E-state index in [1.165, 1.54) is 6.42 Å². The molecule has 0 aliphatic carbocycles. The first-order valence-electron chi connectivity index (χ1n) is 6.56. The Hall–Kier alpha value is -1.03. The lowest BCUT2D eigenvalue weighted by Crippen LogP contribution is -2.43. The van der Waals surface area contributed by atoms with Crippen molar-refractivity contribution in [3.63, 3.8) is 0 Å². The number of benzene rings is 1. The average Bonchev–Trinajstić information content (AvgIpc) is 2.37. The summed E-state index contributed by atoms with van der Waals surface area (Å²) in [6.07, 6.45) is 2.25. The minimum absolute atomic E-state index is 0.0820. The van der Waals surface area contributed by atoms with E-state index in [2.05, 4.69) is 29.8 Å². The first-order valence-corrected chi connectivity index (χ1v) is 7.35. The molecular weight excluding hydrogens is 306 g/mol. The molecule has 1 heterocycles. The zero-order valence-electron chi connectivity index (χ0n) is 11.7. The van der Waals surface area contributed by atoms with Crippen LogP contribution in [0.3, 0.4) is 0 Å². The first-order chi connectivity index (χ1) is 8.93. The van der Waals surface area contributed by atoms with Gasteiger partial charge in [-0.05, 0) is 52.4 Å². The number of carbonyl (C=O) groups excluding carboxylic acids is 1. The number of halogens is 1. The molecule has 0 saturated carbocycles. The number of methoxy groups -OCH3 is 1. The topological polar surface area (TPSA) is 29.5 Å². The number of hydrogen-bond donors (Lipinski definition) is 0. The highest BCUT2D eigenvalue weighted by atomic mass is 79.9. The molecule has 2 rings (SSSR count). The van der Waals surface area contributed by atoms with Crippen molar-refractivity contribution in [3.8, 4) is 5.75 Å². The van der Waals surface area contributed by atoms with Crippen LogP contribution in [0.1, 0.15) is 37.0 Å². The number of ether oxygens (including phenoxy) is 1. The van der Waals surface area contributed by atoms with E-state index in [1.54, 1.807) is 13.2 Å². The Balaban J connectivity index is 2.24. The Morgan fingerprint density at radius 1 is 1.42 bits per heavy atom. The van der Waals surface area contributed by atoms with Crippen molar-refractivity contribution >= 4 is 21.8 Å². The van der Waals surface area contributed by atoms with Crippen molar-refractivity contribution in [2.75, 3.05) is 20.2 Å². The van der Waals surface area contributed by atoms with E-state index in [-0.39, 0.29) is 11.3 Å². The van der Waals surface area contributed by atoms with Crippen molar-refractivity contribution in [1.82, 2.24) is 4.90 Å². The third-order valence-corrected chi connectivity index (χ3v) is 4.28. The molecule has 0 spiro atoms. The maximum atomic E-state index is 12.6.